The lowest BCUT2D eigenvalue weighted by Gasteiger charge is -2.29. The van der Waals surface area contributed by atoms with E-state index in [0.29, 0.717) is 16.6 Å². The van der Waals surface area contributed by atoms with Gasteiger partial charge >= 0.3 is 6.18 Å². The molecule has 6 rings (SSSR count). The number of rotatable bonds is 3. The van der Waals surface area contributed by atoms with Gasteiger partial charge in [-0.1, -0.05) is 11.6 Å². The maximum atomic E-state index is 13.8. The minimum atomic E-state index is -4.56. The van der Waals surface area contributed by atoms with E-state index in [1.165, 1.54) is 0 Å². The van der Waals surface area contributed by atoms with E-state index in [9.17, 15) is 18.0 Å². The number of imidazole rings is 1. The number of pyridine rings is 1. The van der Waals surface area contributed by atoms with Crippen LogP contribution in [0.3, 0.4) is 0 Å². The second-order valence-electron chi connectivity index (χ2n) is 8.35. The first-order valence-corrected chi connectivity index (χ1v) is 10.8. The van der Waals surface area contributed by atoms with E-state index in [2.05, 4.69) is 15.0 Å². The molecule has 12 heteroatoms. The highest BCUT2D eigenvalue weighted by atomic mass is 35.5. The second kappa shape index (κ2) is 7.20. The fourth-order valence-corrected chi connectivity index (χ4v) is 4.62. The van der Waals surface area contributed by atoms with Crippen LogP contribution in [-0.4, -0.2) is 42.8 Å². The maximum Gasteiger partial charge on any atom is 0.417 e. The van der Waals surface area contributed by atoms with Crippen molar-refractivity contribution in [2.75, 3.05) is 12.3 Å². The van der Waals surface area contributed by atoms with Crippen molar-refractivity contribution in [2.24, 2.45) is 0 Å². The number of carbonyl (C=O) groups excluding carboxylic acids is 1. The zero-order chi connectivity index (χ0) is 23.8. The van der Waals surface area contributed by atoms with Gasteiger partial charge in [0.25, 0.3) is 5.91 Å². The maximum absolute atomic E-state index is 13.8. The lowest BCUT2D eigenvalue weighted by molar-refractivity contribution is -0.137. The van der Waals surface area contributed by atoms with Gasteiger partial charge in [0.15, 0.2) is 0 Å². The zero-order valence-electron chi connectivity index (χ0n) is 17.4. The summed E-state index contributed by atoms with van der Waals surface area (Å²) in [6.45, 7) is 0.0148. The van der Waals surface area contributed by atoms with Gasteiger partial charge in [0.2, 0.25) is 5.88 Å². The van der Waals surface area contributed by atoms with Crippen LogP contribution in [0.4, 0.5) is 19.0 Å². The summed E-state index contributed by atoms with van der Waals surface area (Å²) >= 11 is 6.49. The molecule has 4 aromatic rings. The Morgan fingerprint density at radius 3 is 2.74 bits per heavy atom. The van der Waals surface area contributed by atoms with Crippen molar-refractivity contribution in [3.05, 3.63) is 58.6 Å². The molecule has 1 saturated carbocycles. The minimum Gasteiger partial charge on any atom is -0.475 e. The molecule has 1 aromatic carbocycles. The molecular formula is C22H16ClF3N6O2. The van der Waals surface area contributed by atoms with Gasteiger partial charge in [-0.3, -0.25) is 9.20 Å². The van der Waals surface area contributed by atoms with Gasteiger partial charge in [0.05, 0.1) is 45.7 Å². The summed E-state index contributed by atoms with van der Waals surface area (Å²) < 4.78 is 47.2. The molecule has 0 bridgehead atoms. The quantitative estimate of drug-likeness (QED) is 0.462. The van der Waals surface area contributed by atoms with Crippen molar-refractivity contribution < 1.29 is 22.7 Å². The van der Waals surface area contributed by atoms with Gasteiger partial charge < -0.3 is 15.4 Å². The topological polar surface area (TPSA) is 98.6 Å². The van der Waals surface area contributed by atoms with Crippen LogP contribution in [0.1, 0.15) is 40.4 Å². The average molecular weight is 489 g/mol. The van der Waals surface area contributed by atoms with Crippen molar-refractivity contribution in [3.63, 3.8) is 0 Å². The van der Waals surface area contributed by atoms with Gasteiger partial charge in [-0.15, -0.1) is 0 Å². The predicted molar refractivity (Wildman–Crippen MR) is 117 cm³/mol. The first-order chi connectivity index (χ1) is 16.2. The third-order valence-corrected chi connectivity index (χ3v) is 6.46. The summed E-state index contributed by atoms with van der Waals surface area (Å²) in [5.41, 5.74) is 7.18. The largest absolute Gasteiger partial charge is 0.475 e. The molecule has 1 amide bonds. The van der Waals surface area contributed by atoms with Crippen LogP contribution in [0.2, 0.25) is 5.02 Å². The molecule has 174 valence electrons. The molecule has 0 saturated heterocycles. The molecule has 1 atom stereocenters. The van der Waals surface area contributed by atoms with Crippen LogP contribution in [0.5, 0.6) is 5.88 Å². The second-order valence-corrected chi connectivity index (χ2v) is 8.76. The number of benzene rings is 1. The fraction of sp³-hybridized carbons (Fsp3) is 0.273. The van der Waals surface area contributed by atoms with Crippen molar-refractivity contribution in [2.45, 2.75) is 31.1 Å². The first-order valence-electron chi connectivity index (χ1n) is 10.5. The molecule has 3 aromatic heterocycles. The lowest BCUT2D eigenvalue weighted by atomic mass is 10.0. The Labute approximate surface area is 195 Å². The highest BCUT2D eigenvalue weighted by molar-refractivity contribution is 6.34. The molecular weight excluding hydrogens is 473 g/mol. The smallest absolute Gasteiger partial charge is 0.417 e. The summed E-state index contributed by atoms with van der Waals surface area (Å²) in [7, 11) is 0. The van der Waals surface area contributed by atoms with Gasteiger partial charge in [-0.05, 0) is 31.0 Å². The molecule has 34 heavy (non-hydrogen) atoms. The van der Waals surface area contributed by atoms with Crippen LogP contribution in [0.25, 0.3) is 16.6 Å². The number of alkyl halides is 3. The monoisotopic (exact) mass is 488 g/mol. The van der Waals surface area contributed by atoms with Gasteiger partial charge in [0.1, 0.15) is 17.9 Å². The Kier molecular flexibility index (Phi) is 4.44. The number of aromatic nitrogens is 4. The highest BCUT2D eigenvalue weighted by Crippen LogP contribution is 2.44. The van der Waals surface area contributed by atoms with Crippen LogP contribution in [-0.2, 0) is 6.18 Å². The summed E-state index contributed by atoms with van der Waals surface area (Å²) in [6, 6.07) is 3.32. The van der Waals surface area contributed by atoms with Crippen molar-refractivity contribution in [3.8, 4) is 5.88 Å². The van der Waals surface area contributed by atoms with Gasteiger partial charge in [-0.25, -0.2) is 15.0 Å². The number of nitrogen functional groups attached to an aromatic ring is 1. The molecule has 2 N–H and O–H groups in total. The number of anilines is 1. The molecule has 1 aliphatic heterocycles. The van der Waals surface area contributed by atoms with E-state index in [-0.39, 0.29) is 40.5 Å². The number of hydrogen-bond acceptors (Lipinski definition) is 6. The first kappa shape index (κ1) is 21.0. The van der Waals surface area contributed by atoms with E-state index in [0.717, 1.165) is 25.1 Å². The minimum absolute atomic E-state index is 0.0148. The van der Waals surface area contributed by atoms with Gasteiger partial charge in [0, 0.05) is 17.8 Å². The van der Waals surface area contributed by atoms with Crippen molar-refractivity contribution >= 4 is 39.9 Å². The number of fused-ring (bicyclic) bond motifs is 4. The number of halogens is 4. The van der Waals surface area contributed by atoms with Crippen molar-refractivity contribution in [1.82, 2.24) is 24.3 Å². The number of ether oxygens (including phenoxy) is 1. The Bertz CT molecular complexity index is 1480. The number of nitrogens with two attached hydrogens (primary N) is 1. The standard InChI is InChI=1S/C22H16ClF3N6O2/c23-14-5-15-16(31-9-28-7-17(31)19(27)30-15)4-12(14)21(33)32(11-1-2-11)18-8-34-20-13(18)3-10(6-29-20)22(24,25)26/h3-7,9,11,18H,1-2,8H2,(H2,27,30)/t18-/m1/s1. The number of carbonyl (C=O) groups is 1. The molecule has 8 nitrogen and oxygen atoms in total. The Hall–Kier alpha value is -3.60. The zero-order valence-corrected chi connectivity index (χ0v) is 18.1. The lowest BCUT2D eigenvalue weighted by Crippen LogP contribution is -2.38. The molecule has 4 heterocycles. The van der Waals surface area contributed by atoms with Crippen molar-refractivity contribution in [1.29, 1.82) is 0 Å². The normalized spacial score (nSPS) is 17.7. The fourth-order valence-electron chi connectivity index (χ4n) is 4.38. The molecule has 0 unspecified atom stereocenters. The third kappa shape index (κ3) is 3.22. The van der Waals surface area contributed by atoms with Crippen LogP contribution in [0, 0.1) is 0 Å². The molecule has 2 aliphatic rings. The number of hydrogen-bond donors (Lipinski definition) is 1. The number of nitrogens with zero attached hydrogens (tertiary/aromatic N) is 5. The van der Waals surface area contributed by atoms with E-state index < -0.39 is 23.7 Å². The summed E-state index contributed by atoms with van der Waals surface area (Å²) in [4.78, 5) is 27.6. The van der Waals surface area contributed by atoms with Gasteiger partial charge in [-0.2, -0.15) is 13.2 Å². The van der Waals surface area contributed by atoms with Crippen LogP contribution >= 0.6 is 11.6 Å². The van der Waals surface area contributed by atoms with E-state index >= 15 is 0 Å². The Morgan fingerprint density at radius 2 is 2.00 bits per heavy atom. The summed E-state index contributed by atoms with van der Waals surface area (Å²) in [6.07, 6.45) is 0.766. The number of amides is 1. The summed E-state index contributed by atoms with van der Waals surface area (Å²) in [5, 5.41) is 0.163. The van der Waals surface area contributed by atoms with Crippen LogP contribution < -0.4 is 10.5 Å². The molecule has 1 aliphatic carbocycles. The van der Waals surface area contributed by atoms with E-state index in [4.69, 9.17) is 22.1 Å². The molecule has 1 fully saturated rings. The van der Waals surface area contributed by atoms with Crippen LogP contribution in [0.15, 0.2) is 36.9 Å². The van der Waals surface area contributed by atoms with E-state index in [1.54, 1.807) is 34.0 Å². The predicted octanol–water partition coefficient (Wildman–Crippen LogP) is 4.27. The average Bonchev–Trinajstić information content (AvgIpc) is 3.32. The summed E-state index contributed by atoms with van der Waals surface area (Å²) in [5.74, 6) is -0.0355. The highest BCUT2D eigenvalue weighted by Gasteiger charge is 2.44. The SMILES string of the molecule is Nc1nc2cc(Cl)c(C(=O)N(C3CC3)[C@@H]3COc4ncc(C(F)(F)F)cc43)cc2n2cncc12. The van der Waals surface area contributed by atoms with E-state index in [1.807, 2.05) is 0 Å². The molecule has 0 spiro atoms. The Balaban J connectivity index is 1.45. The molecule has 0 radical (unpaired) electrons. The Morgan fingerprint density at radius 1 is 1.21 bits per heavy atom. The third-order valence-electron chi connectivity index (χ3n) is 6.15.